The number of benzene rings is 7. The summed E-state index contributed by atoms with van der Waals surface area (Å²) in [6.45, 7) is 0. The van der Waals surface area contributed by atoms with E-state index < -0.39 is 0 Å². The minimum Gasteiger partial charge on any atom is -0.507 e. The van der Waals surface area contributed by atoms with E-state index in [0.717, 1.165) is 77.2 Å². The normalized spacial score (nSPS) is 11.8. The molecule has 9 rings (SSSR count). The standard InChI is InChI=1S/C52H26O4/c53-45-25-21-41-29-37(30-42-22-26-46(54)51(45)49(41)42)15-13-33-5-9-35(10-6-33)17-19-39-3-1-2-4-40(39)20-18-36-11-7-34(8-12-36)14-16-38-31-43-23-27-47(55)52-48(56)28-24-44(32-38)50(43)52/h1-12,21-32,53,55H. The van der Waals surface area contributed by atoms with E-state index in [9.17, 15) is 19.8 Å². The SMILES string of the molecule is O=C1C=Cc2cc(C#Cc3ccc(C#Cc4ccccc4C#Cc4ccc(C#Cc5cc6c7c(c(O)ccc7c5)C(=O)C=C6)cc4)cc3)cc3ccc(O)c1c23. The molecule has 0 fully saturated rings. The molecule has 0 unspecified atom stereocenters. The number of phenols is 2. The number of carbonyl (C=O) groups is 2. The van der Waals surface area contributed by atoms with Crippen molar-refractivity contribution in [1.82, 2.24) is 0 Å². The molecule has 2 aliphatic rings. The second-order valence-corrected chi connectivity index (χ2v) is 13.3. The summed E-state index contributed by atoms with van der Waals surface area (Å²) in [7, 11) is 0. The number of hydrogen-bond donors (Lipinski definition) is 2. The van der Waals surface area contributed by atoms with Crippen LogP contribution in [-0.4, -0.2) is 21.8 Å². The molecule has 0 aliphatic heterocycles. The Balaban J connectivity index is 0.889. The van der Waals surface area contributed by atoms with Crippen molar-refractivity contribution < 1.29 is 19.8 Å². The van der Waals surface area contributed by atoms with E-state index in [0.29, 0.717) is 11.1 Å². The summed E-state index contributed by atoms with van der Waals surface area (Å²) in [5.41, 5.74) is 9.08. The molecule has 0 amide bonds. The predicted molar refractivity (Wildman–Crippen MR) is 221 cm³/mol. The van der Waals surface area contributed by atoms with Gasteiger partial charge in [-0.1, -0.05) is 83.8 Å². The average molecular weight is 715 g/mol. The van der Waals surface area contributed by atoms with Gasteiger partial charge in [0.1, 0.15) is 11.5 Å². The number of rotatable bonds is 0. The van der Waals surface area contributed by atoms with Gasteiger partial charge in [-0.25, -0.2) is 0 Å². The fraction of sp³-hybridized carbons (Fsp3) is 0. The molecule has 0 spiro atoms. The summed E-state index contributed by atoms with van der Waals surface area (Å²) in [5, 5.41) is 23.7. The molecule has 56 heavy (non-hydrogen) atoms. The van der Waals surface area contributed by atoms with Crippen LogP contribution in [0.5, 0.6) is 11.5 Å². The van der Waals surface area contributed by atoms with Crippen LogP contribution in [0.3, 0.4) is 0 Å². The molecule has 2 N–H and O–H groups in total. The molecular formula is C52H26O4. The zero-order chi connectivity index (χ0) is 38.2. The van der Waals surface area contributed by atoms with Crippen molar-refractivity contribution in [3.63, 3.8) is 0 Å². The van der Waals surface area contributed by atoms with Crippen molar-refractivity contribution in [2.75, 3.05) is 0 Å². The van der Waals surface area contributed by atoms with E-state index in [1.54, 1.807) is 36.4 Å². The van der Waals surface area contributed by atoms with Gasteiger partial charge in [-0.3, -0.25) is 9.59 Å². The lowest BCUT2D eigenvalue weighted by Gasteiger charge is -2.13. The highest BCUT2D eigenvalue weighted by Crippen LogP contribution is 2.36. The first kappa shape index (κ1) is 33.5. The average Bonchev–Trinajstić information content (AvgIpc) is 3.22. The highest BCUT2D eigenvalue weighted by atomic mass is 16.3. The Morgan fingerprint density at radius 1 is 0.357 bits per heavy atom. The van der Waals surface area contributed by atoms with E-state index in [2.05, 4.69) is 47.4 Å². The first-order valence-electron chi connectivity index (χ1n) is 17.8. The summed E-state index contributed by atoms with van der Waals surface area (Å²) in [6, 6.07) is 37.8. The molecule has 0 bridgehead atoms. The van der Waals surface area contributed by atoms with Gasteiger partial charge in [0.15, 0.2) is 11.6 Å². The smallest absolute Gasteiger partial charge is 0.190 e. The molecule has 0 atom stereocenters. The van der Waals surface area contributed by atoms with Gasteiger partial charge in [-0.05, 0) is 131 Å². The number of aromatic hydroxyl groups is 2. The van der Waals surface area contributed by atoms with Crippen LogP contribution in [0.25, 0.3) is 33.7 Å². The number of phenolic OH excluding ortho intramolecular Hbond substituents is 2. The molecule has 7 aromatic carbocycles. The van der Waals surface area contributed by atoms with E-state index in [1.165, 1.54) is 12.2 Å². The summed E-state index contributed by atoms with van der Waals surface area (Å²) >= 11 is 0. The van der Waals surface area contributed by atoms with Crippen LogP contribution >= 0.6 is 0 Å². The maximum absolute atomic E-state index is 12.4. The summed E-state index contributed by atoms with van der Waals surface area (Å²) in [5.74, 6) is 25.5. The highest BCUT2D eigenvalue weighted by molar-refractivity contribution is 6.22. The van der Waals surface area contributed by atoms with E-state index >= 15 is 0 Å². The second kappa shape index (κ2) is 13.9. The number of allylic oxidation sites excluding steroid dienone is 2. The lowest BCUT2D eigenvalue weighted by Crippen LogP contribution is -2.02. The Kier molecular flexibility index (Phi) is 8.35. The number of hydrogen-bond acceptors (Lipinski definition) is 4. The van der Waals surface area contributed by atoms with E-state index in [1.807, 2.05) is 97.1 Å². The Hall–Kier alpha value is -8.28. The van der Waals surface area contributed by atoms with Crippen LogP contribution in [0.2, 0.25) is 0 Å². The number of ketones is 2. The van der Waals surface area contributed by atoms with Crippen molar-refractivity contribution in [2.24, 2.45) is 0 Å². The maximum atomic E-state index is 12.4. The Morgan fingerprint density at radius 3 is 1.11 bits per heavy atom. The fourth-order valence-electron chi connectivity index (χ4n) is 6.92. The lowest BCUT2D eigenvalue weighted by molar-refractivity contribution is 0.103. The van der Waals surface area contributed by atoms with Crippen molar-refractivity contribution in [3.8, 4) is 58.9 Å². The quantitative estimate of drug-likeness (QED) is 0.154. The summed E-state index contributed by atoms with van der Waals surface area (Å²) in [4.78, 5) is 24.7. The fourth-order valence-corrected chi connectivity index (χ4v) is 6.92. The van der Waals surface area contributed by atoms with Crippen LogP contribution in [0, 0.1) is 47.4 Å². The van der Waals surface area contributed by atoms with Gasteiger partial charge in [-0.15, -0.1) is 0 Å². The third-order valence-corrected chi connectivity index (χ3v) is 9.66. The van der Waals surface area contributed by atoms with Gasteiger partial charge in [0.05, 0.1) is 11.1 Å². The second-order valence-electron chi connectivity index (χ2n) is 13.3. The maximum Gasteiger partial charge on any atom is 0.190 e. The van der Waals surface area contributed by atoms with Crippen molar-refractivity contribution in [1.29, 1.82) is 0 Å². The monoisotopic (exact) mass is 714 g/mol. The van der Waals surface area contributed by atoms with Crippen LogP contribution in [0.1, 0.15) is 76.4 Å². The molecule has 0 aromatic heterocycles. The van der Waals surface area contributed by atoms with Crippen LogP contribution < -0.4 is 0 Å². The molecule has 0 saturated carbocycles. The summed E-state index contributed by atoms with van der Waals surface area (Å²) < 4.78 is 0. The molecule has 2 aliphatic carbocycles. The molecule has 0 radical (unpaired) electrons. The first-order chi connectivity index (χ1) is 27.4. The minimum atomic E-state index is -0.199. The third-order valence-electron chi connectivity index (χ3n) is 9.66. The van der Waals surface area contributed by atoms with Gasteiger partial charge in [-0.2, -0.15) is 0 Å². The highest BCUT2D eigenvalue weighted by Gasteiger charge is 2.20. The van der Waals surface area contributed by atoms with Gasteiger partial charge in [0, 0.05) is 55.3 Å². The lowest BCUT2D eigenvalue weighted by atomic mass is 9.90. The largest absolute Gasteiger partial charge is 0.507 e. The minimum absolute atomic E-state index is 0.0116. The topological polar surface area (TPSA) is 74.6 Å². The number of carbonyl (C=O) groups excluding carboxylic acids is 2. The summed E-state index contributed by atoms with van der Waals surface area (Å²) in [6.07, 6.45) is 6.50. The van der Waals surface area contributed by atoms with Gasteiger partial charge >= 0.3 is 0 Å². The van der Waals surface area contributed by atoms with Crippen molar-refractivity contribution >= 4 is 45.3 Å². The first-order valence-corrected chi connectivity index (χ1v) is 17.8. The van der Waals surface area contributed by atoms with Crippen molar-refractivity contribution in [2.45, 2.75) is 0 Å². The van der Waals surface area contributed by atoms with Crippen LogP contribution in [0.4, 0.5) is 0 Å². The van der Waals surface area contributed by atoms with Crippen molar-refractivity contribution in [3.05, 3.63) is 200 Å². The van der Waals surface area contributed by atoms with Gasteiger partial charge < -0.3 is 10.2 Å². The van der Waals surface area contributed by atoms with E-state index in [4.69, 9.17) is 0 Å². The molecule has 7 aromatic rings. The molecule has 0 saturated heterocycles. The Morgan fingerprint density at radius 2 is 0.714 bits per heavy atom. The van der Waals surface area contributed by atoms with Gasteiger partial charge in [0.2, 0.25) is 0 Å². The third kappa shape index (κ3) is 6.49. The van der Waals surface area contributed by atoms with E-state index in [-0.39, 0.29) is 23.1 Å². The zero-order valence-corrected chi connectivity index (χ0v) is 29.6. The molecular weight excluding hydrogens is 689 g/mol. The Bertz CT molecular complexity index is 2970. The zero-order valence-electron chi connectivity index (χ0n) is 29.6. The molecule has 4 heteroatoms. The van der Waals surface area contributed by atoms with Gasteiger partial charge in [0.25, 0.3) is 0 Å². The Labute approximate surface area is 323 Å². The van der Waals surface area contributed by atoms with Crippen LogP contribution in [0.15, 0.2) is 133 Å². The molecule has 258 valence electrons. The molecule has 0 heterocycles. The van der Waals surface area contributed by atoms with Crippen LogP contribution in [-0.2, 0) is 0 Å². The predicted octanol–water partition coefficient (Wildman–Crippen LogP) is 9.42. The molecule has 4 nitrogen and oxygen atoms in total.